The van der Waals surface area contributed by atoms with E-state index in [-0.39, 0.29) is 11.5 Å². The van der Waals surface area contributed by atoms with Crippen LogP contribution in [0.2, 0.25) is 0 Å². The van der Waals surface area contributed by atoms with Crippen molar-refractivity contribution >= 4 is 5.78 Å². The molecule has 0 aromatic rings. The molecule has 2 heterocycles. The summed E-state index contributed by atoms with van der Waals surface area (Å²) < 4.78 is 5.27. The zero-order valence-electron chi connectivity index (χ0n) is 8.84. The SMILES string of the molecule is CC1(C(=O)C2CCOC2)CCCCN1. The fourth-order valence-electron chi connectivity index (χ4n) is 2.46. The summed E-state index contributed by atoms with van der Waals surface area (Å²) in [6.07, 6.45) is 4.27. The van der Waals surface area contributed by atoms with Gasteiger partial charge in [0.1, 0.15) is 0 Å². The predicted molar refractivity (Wildman–Crippen MR) is 54.2 cm³/mol. The maximum atomic E-state index is 12.2. The highest BCUT2D eigenvalue weighted by molar-refractivity contribution is 5.90. The highest BCUT2D eigenvalue weighted by atomic mass is 16.5. The van der Waals surface area contributed by atoms with Crippen LogP contribution >= 0.6 is 0 Å². The summed E-state index contributed by atoms with van der Waals surface area (Å²) in [7, 11) is 0. The smallest absolute Gasteiger partial charge is 0.158 e. The number of hydrogen-bond donors (Lipinski definition) is 1. The van der Waals surface area contributed by atoms with E-state index in [0.717, 1.165) is 26.0 Å². The van der Waals surface area contributed by atoms with Crippen molar-refractivity contribution in [2.45, 2.75) is 38.1 Å². The van der Waals surface area contributed by atoms with Crippen LogP contribution in [-0.4, -0.2) is 31.1 Å². The summed E-state index contributed by atoms with van der Waals surface area (Å²) in [4.78, 5) is 12.2. The molecule has 0 bridgehead atoms. The van der Waals surface area contributed by atoms with Gasteiger partial charge in [-0.05, 0) is 39.2 Å². The molecule has 2 aliphatic rings. The first-order valence-corrected chi connectivity index (χ1v) is 5.59. The molecule has 2 rings (SSSR count). The minimum atomic E-state index is -0.267. The fourth-order valence-corrected chi connectivity index (χ4v) is 2.46. The maximum Gasteiger partial charge on any atom is 0.158 e. The molecule has 0 aromatic carbocycles. The van der Waals surface area contributed by atoms with Crippen molar-refractivity contribution in [3.05, 3.63) is 0 Å². The number of piperidine rings is 1. The zero-order valence-corrected chi connectivity index (χ0v) is 8.84. The number of nitrogens with one attached hydrogen (secondary N) is 1. The predicted octanol–water partition coefficient (Wildman–Crippen LogP) is 1.12. The molecule has 0 aliphatic carbocycles. The van der Waals surface area contributed by atoms with Crippen LogP contribution in [-0.2, 0) is 9.53 Å². The van der Waals surface area contributed by atoms with Crippen molar-refractivity contribution in [2.24, 2.45) is 5.92 Å². The first-order chi connectivity index (χ1) is 6.72. The maximum absolute atomic E-state index is 12.2. The lowest BCUT2D eigenvalue weighted by atomic mass is 9.81. The number of ether oxygens (including phenoxy) is 1. The molecule has 0 radical (unpaired) electrons. The average molecular weight is 197 g/mol. The molecule has 0 amide bonds. The second-order valence-corrected chi connectivity index (χ2v) is 4.64. The van der Waals surface area contributed by atoms with E-state index in [1.165, 1.54) is 12.8 Å². The van der Waals surface area contributed by atoms with Gasteiger partial charge in [0.05, 0.1) is 12.1 Å². The van der Waals surface area contributed by atoms with E-state index in [1.54, 1.807) is 0 Å². The van der Waals surface area contributed by atoms with Crippen LogP contribution in [0.3, 0.4) is 0 Å². The van der Waals surface area contributed by atoms with E-state index in [0.29, 0.717) is 12.4 Å². The topological polar surface area (TPSA) is 38.3 Å². The van der Waals surface area contributed by atoms with Crippen LogP contribution in [0, 0.1) is 5.92 Å². The van der Waals surface area contributed by atoms with Gasteiger partial charge in [0.25, 0.3) is 0 Å². The second-order valence-electron chi connectivity index (χ2n) is 4.64. The molecule has 3 nitrogen and oxygen atoms in total. The average Bonchev–Trinajstić information content (AvgIpc) is 2.70. The molecule has 3 heteroatoms. The van der Waals surface area contributed by atoms with Gasteiger partial charge in [-0.25, -0.2) is 0 Å². The first kappa shape index (κ1) is 10.1. The highest BCUT2D eigenvalue weighted by Gasteiger charge is 2.39. The largest absolute Gasteiger partial charge is 0.381 e. The van der Waals surface area contributed by atoms with Crippen LogP contribution in [0.15, 0.2) is 0 Å². The van der Waals surface area contributed by atoms with E-state index in [2.05, 4.69) is 5.32 Å². The Balaban J connectivity index is 2.00. The van der Waals surface area contributed by atoms with E-state index >= 15 is 0 Å². The van der Waals surface area contributed by atoms with E-state index in [1.807, 2.05) is 6.92 Å². The normalized spacial score (nSPS) is 38.5. The molecule has 14 heavy (non-hydrogen) atoms. The second kappa shape index (κ2) is 3.99. The molecule has 2 saturated heterocycles. The van der Waals surface area contributed by atoms with E-state index in [9.17, 15) is 4.79 Å². The standard InChI is InChI=1S/C11H19NO2/c1-11(5-2-3-6-12-11)10(13)9-4-7-14-8-9/h9,12H,2-8H2,1H3. The Morgan fingerprint density at radius 3 is 2.93 bits per heavy atom. The van der Waals surface area contributed by atoms with Crippen molar-refractivity contribution in [2.75, 3.05) is 19.8 Å². The fraction of sp³-hybridized carbons (Fsp3) is 0.909. The number of carbonyl (C=O) groups excluding carboxylic acids is 1. The van der Waals surface area contributed by atoms with E-state index < -0.39 is 0 Å². The van der Waals surface area contributed by atoms with Gasteiger partial charge in [-0.2, -0.15) is 0 Å². The summed E-state index contributed by atoms with van der Waals surface area (Å²) in [5.74, 6) is 0.514. The minimum absolute atomic E-state index is 0.144. The van der Waals surface area contributed by atoms with Gasteiger partial charge < -0.3 is 10.1 Å². The summed E-state index contributed by atoms with van der Waals surface area (Å²) >= 11 is 0. The third-order valence-corrected chi connectivity index (χ3v) is 3.46. The molecule has 0 saturated carbocycles. The summed E-state index contributed by atoms with van der Waals surface area (Å²) in [6, 6.07) is 0. The molecular weight excluding hydrogens is 178 g/mol. The molecule has 2 fully saturated rings. The number of ketones is 1. The lowest BCUT2D eigenvalue weighted by Crippen LogP contribution is -2.54. The van der Waals surface area contributed by atoms with Gasteiger partial charge in [0.15, 0.2) is 5.78 Å². The van der Waals surface area contributed by atoms with Crippen molar-refractivity contribution in [3.8, 4) is 0 Å². The van der Waals surface area contributed by atoms with Crippen LogP contribution in [0.1, 0.15) is 32.6 Å². The lowest BCUT2D eigenvalue weighted by Gasteiger charge is -2.35. The van der Waals surface area contributed by atoms with Gasteiger partial charge >= 0.3 is 0 Å². The third kappa shape index (κ3) is 1.84. The Morgan fingerprint density at radius 2 is 2.36 bits per heavy atom. The summed E-state index contributed by atoms with van der Waals surface area (Å²) in [5, 5.41) is 3.37. The number of hydrogen-bond acceptors (Lipinski definition) is 3. The summed E-state index contributed by atoms with van der Waals surface area (Å²) in [6.45, 7) is 4.42. The van der Waals surface area contributed by atoms with Crippen LogP contribution in [0.25, 0.3) is 0 Å². The van der Waals surface area contributed by atoms with Crippen molar-refractivity contribution in [1.29, 1.82) is 0 Å². The lowest BCUT2D eigenvalue weighted by molar-refractivity contribution is -0.129. The highest BCUT2D eigenvalue weighted by Crippen LogP contribution is 2.26. The summed E-state index contributed by atoms with van der Waals surface area (Å²) in [5.41, 5.74) is -0.267. The quantitative estimate of drug-likeness (QED) is 0.721. The van der Waals surface area contributed by atoms with Crippen LogP contribution in [0.4, 0.5) is 0 Å². The molecular formula is C11H19NO2. The van der Waals surface area contributed by atoms with Gasteiger partial charge in [0, 0.05) is 12.5 Å². The van der Waals surface area contributed by atoms with Crippen LogP contribution < -0.4 is 5.32 Å². The molecule has 80 valence electrons. The molecule has 0 aromatic heterocycles. The van der Waals surface area contributed by atoms with Gasteiger partial charge in [-0.15, -0.1) is 0 Å². The van der Waals surface area contributed by atoms with Crippen LogP contribution in [0.5, 0.6) is 0 Å². The number of carbonyl (C=O) groups is 1. The molecule has 2 unspecified atom stereocenters. The van der Waals surface area contributed by atoms with Crippen molar-refractivity contribution in [3.63, 3.8) is 0 Å². The van der Waals surface area contributed by atoms with Crippen molar-refractivity contribution < 1.29 is 9.53 Å². The molecule has 1 N–H and O–H groups in total. The van der Waals surface area contributed by atoms with Gasteiger partial charge in [0.2, 0.25) is 0 Å². The van der Waals surface area contributed by atoms with Gasteiger partial charge in [-0.1, -0.05) is 0 Å². The number of rotatable bonds is 2. The monoisotopic (exact) mass is 197 g/mol. The minimum Gasteiger partial charge on any atom is -0.381 e. The third-order valence-electron chi connectivity index (χ3n) is 3.46. The molecule has 0 spiro atoms. The zero-order chi connectivity index (χ0) is 10.0. The Bertz CT molecular complexity index is 215. The first-order valence-electron chi connectivity index (χ1n) is 5.59. The Hall–Kier alpha value is -0.410. The Labute approximate surface area is 85.2 Å². The Morgan fingerprint density at radius 1 is 1.50 bits per heavy atom. The van der Waals surface area contributed by atoms with Gasteiger partial charge in [-0.3, -0.25) is 4.79 Å². The number of Topliss-reactive ketones (excluding diaryl/α,β-unsaturated/α-hetero) is 1. The van der Waals surface area contributed by atoms with Crippen molar-refractivity contribution in [1.82, 2.24) is 5.32 Å². The molecule has 2 aliphatic heterocycles. The van der Waals surface area contributed by atoms with E-state index in [4.69, 9.17) is 4.74 Å². The molecule has 2 atom stereocenters. The Kier molecular flexibility index (Phi) is 2.88.